The molecule has 0 saturated heterocycles. The van der Waals surface area contributed by atoms with Crippen LogP contribution in [-0.4, -0.2) is 12.5 Å². The molecule has 1 amide bonds. The highest BCUT2D eigenvalue weighted by Gasteiger charge is 2.06. The van der Waals surface area contributed by atoms with Crippen LogP contribution in [0.25, 0.3) is 0 Å². The van der Waals surface area contributed by atoms with Crippen LogP contribution in [0.5, 0.6) is 0 Å². The van der Waals surface area contributed by atoms with Crippen LogP contribution in [0.2, 0.25) is 5.02 Å². The molecule has 0 bridgehead atoms. The zero-order chi connectivity index (χ0) is 15.2. The van der Waals surface area contributed by atoms with Crippen molar-refractivity contribution < 1.29 is 4.79 Å². The van der Waals surface area contributed by atoms with Crippen molar-refractivity contribution >= 4 is 23.2 Å². The third-order valence-electron chi connectivity index (χ3n) is 3.40. The summed E-state index contributed by atoms with van der Waals surface area (Å²) < 4.78 is 0. The lowest BCUT2D eigenvalue weighted by atomic mass is 10.1. The fourth-order valence-corrected chi connectivity index (χ4v) is 2.23. The maximum Gasteiger partial charge on any atom is 0.238 e. The fourth-order valence-electron chi connectivity index (χ4n) is 2.06. The molecule has 0 atom stereocenters. The second-order valence-corrected chi connectivity index (χ2v) is 5.40. The largest absolute Gasteiger partial charge is 0.325 e. The molecule has 3 nitrogen and oxygen atoms in total. The first-order valence-corrected chi connectivity index (χ1v) is 7.26. The van der Waals surface area contributed by atoms with Crippen molar-refractivity contribution in [3.8, 4) is 0 Å². The molecule has 2 aromatic rings. The van der Waals surface area contributed by atoms with Crippen LogP contribution in [0.15, 0.2) is 42.5 Å². The Kier molecular flexibility index (Phi) is 5.37. The number of hydrogen-bond acceptors (Lipinski definition) is 2. The summed E-state index contributed by atoms with van der Waals surface area (Å²) in [5, 5.41) is 6.67. The van der Waals surface area contributed by atoms with E-state index in [1.807, 2.05) is 37.3 Å². The molecule has 4 heteroatoms. The number of hydrogen-bond donors (Lipinski definition) is 2. The van der Waals surface area contributed by atoms with E-state index < -0.39 is 0 Å². The van der Waals surface area contributed by atoms with Gasteiger partial charge in [-0.05, 0) is 42.7 Å². The number of carbonyl (C=O) groups excluding carboxylic acids is 1. The minimum atomic E-state index is -0.0750. The lowest BCUT2D eigenvalue weighted by Crippen LogP contribution is -2.28. The van der Waals surface area contributed by atoms with E-state index in [1.54, 1.807) is 0 Å². The first kappa shape index (κ1) is 15.5. The van der Waals surface area contributed by atoms with Crippen molar-refractivity contribution in [2.75, 3.05) is 11.9 Å². The summed E-state index contributed by atoms with van der Waals surface area (Å²) in [7, 11) is 0. The van der Waals surface area contributed by atoms with Crippen molar-refractivity contribution in [2.45, 2.75) is 20.4 Å². The lowest BCUT2D eigenvalue weighted by molar-refractivity contribution is -0.115. The summed E-state index contributed by atoms with van der Waals surface area (Å²) in [6.45, 7) is 4.89. The van der Waals surface area contributed by atoms with Crippen LogP contribution in [-0.2, 0) is 11.3 Å². The minimum absolute atomic E-state index is 0.0750. The molecule has 0 fully saturated rings. The molecule has 0 unspecified atom stereocenters. The first-order valence-electron chi connectivity index (χ1n) is 6.88. The Hall–Kier alpha value is -1.84. The summed E-state index contributed by atoms with van der Waals surface area (Å²) in [5.74, 6) is -0.0750. The normalized spacial score (nSPS) is 10.4. The quantitative estimate of drug-likeness (QED) is 0.884. The molecule has 0 radical (unpaired) electrons. The summed E-state index contributed by atoms with van der Waals surface area (Å²) >= 11 is 6.03. The van der Waals surface area contributed by atoms with Crippen molar-refractivity contribution in [3.63, 3.8) is 0 Å². The summed E-state index contributed by atoms with van der Waals surface area (Å²) in [6, 6.07) is 13.6. The van der Waals surface area contributed by atoms with E-state index in [0.717, 1.165) is 11.3 Å². The Balaban J connectivity index is 1.85. The fraction of sp³-hybridized carbons (Fsp3) is 0.235. The van der Waals surface area contributed by atoms with E-state index in [0.29, 0.717) is 11.6 Å². The van der Waals surface area contributed by atoms with Crippen molar-refractivity contribution in [3.05, 3.63) is 64.2 Å². The molecule has 2 N–H and O–H groups in total. The standard InChI is InChI=1S/C17H19ClN2O/c1-12-6-3-4-7-14(12)10-19-11-17(21)20-16-9-5-8-15(18)13(16)2/h3-9,19H,10-11H2,1-2H3,(H,20,21). The number of amides is 1. The molecule has 2 aromatic carbocycles. The zero-order valence-corrected chi connectivity index (χ0v) is 13.0. The van der Waals surface area contributed by atoms with Gasteiger partial charge in [-0.3, -0.25) is 4.79 Å². The Morgan fingerprint density at radius 2 is 1.86 bits per heavy atom. The SMILES string of the molecule is Cc1ccccc1CNCC(=O)Nc1cccc(Cl)c1C. The van der Waals surface area contributed by atoms with Gasteiger partial charge in [0.1, 0.15) is 0 Å². The molecular weight excluding hydrogens is 284 g/mol. The van der Waals surface area contributed by atoms with Crippen LogP contribution < -0.4 is 10.6 Å². The van der Waals surface area contributed by atoms with Crippen LogP contribution >= 0.6 is 11.6 Å². The molecular formula is C17H19ClN2O. The third kappa shape index (κ3) is 4.31. The maximum absolute atomic E-state index is 11.9. The van der Waals surface area contributed by atoms with E-state index in [-0.39, 0.29) is 12.5 Å². The number of carbonyl (C=O) groups is 1. The second kappa shape index (κ2) is 7.25. The minimum Gasteiger partial charge on any atom is -0.325 e. The Morgan fingerprint density at radius 1 is 1.10 bits per heavy atom. The van der Waals surface area contributed by atoms with Crippen LogP contribution in [0.1, 0.15) is 16.7 Å². The van der Waals surface area contributed by atoms with Gasteiger partial charge >= 0.3 is 0 Å². The highest BCUT2D eigenvalue weighted by atomic mass is 35.5. The average molecular weight is 303 g/mol. The monoisotopic (exact) mass is 302 g/mol. The molecule has 0 spiro atoms. The first-order chi connectivity index (χ1) is 10.1. The van der Waals surface area contributed by atoms with Gasteiger partial charge in [0.2, 0.25) is 5.91 Å². The van der Waals surface area contributed by atoms with E-state index in [1.165, 1.54) is 11.1 Å². The number of rotatable bonds is 5. The second-order valence-electron chi connectivity index (χ2n) is 4.99. The highest BCUT2D eigenvalue weighted by Crippen LogP contribution is 2.22. The molecule has 0 aliphatic heterocycles. The zero-order valence-electron chi connectivity index (χ0n) is 12.2. The van der Waals surface area contributed by atoms with Crippen LogP contribution in [0, 0.1) is 13.8 Å². The number of aryl methyl sites for hydroxylation is 1. The van der Waals surface area contributed by atoms with Gasteiger partial charge in [-0.1, -0.05) is 41.9 Å². The predicted octanol–water partition coefficient (Wildman–Crippen LogP) is 3.69. The van der Waals surface area contributed by atoms with Crippen molar-refractivity contribution in [2.24, 2.45) is 0 Å². The summed E-state index contributed by atoms with van der Waals surface area (Å²) in [4.78, 5) is 11.9. The molecule has 0 saturated carbocycles. The highest BCUT2D eigenvalue weighted by molar-refractivity contribution is 6.31. The molecule has 0 heterocycles. The third-order valence-corrected chi connectivity index (χ3v) is 3.81. The molecule has 2 rings (SSSR count). The molecule has 0 aliphatic rings. The van der Waals surface area contributed by atoms with Crippen molar-refractivity contribution in [1.29, 1.82) is 0 Å². The number of anilines is 1. The Bertz CT molecular complexity index is 640. The maximum atomic E-state index is 11.9. The van der Waals surface area contributed by atoms with Crippen molar-refractivity contribution in [1.82, 2.24) is 5.32 Å². The van der Waals surface area contributed by atoms with E-state index in [4.69, 9.17) is 11.6 Å². The Morgan fingerprint density at radius 3 is 2.62 bits per heavy atom. The molecule has 21 heavy (non-hydrogen) atoms. The lowest BCUT2D eigenvalue weighted by Gasteiger charge is -2.11. The molecule has 110 valence electrons. The summed E-state index contributed by atoms with van der Waals surface area (Å²) in [6.07, 6.45) is 0. The topological polar surface area (TPSA) is 41.1 Å². The van der Waals surface area contributed by atoms with Gasteiger partial charge in [0.25, 0.3) is 0 Å². The van der Waals surface area contributed by atoms with Gasteiger partial charge in [0.15, 0.2) is 0 Å². The van der Waals surface area contributed by atoms with E-state index in [2.05, 4.69) is 29.7 Å². The predicted molar refractivity (Wildman–Crippen MR) is 87.7 cm³/mol. The Labute approximate surface area is 130 Å². The smallest absolute Gasteiger partial charge is 0.238 e. The van der Waals surface area contributed by atoms with Crippen LogP contribution in [0.3, 0.4) is 0 Å². The number of halogens is 1. The average Bonchev–Trinajstić information content (AvgIpc) is 2.46. The summed E-state index contributed by atoms with van der Waals surface area (Å²) in [5.41, 5.74) is 4.05. The van der Waals surface area contributed by atoms with Gasteiger partial charge in [0.05, 0.1) is 6.54 Å². The van der Waals surface area contributed by atoms with Gasteiger partial charge < -0.3 is 10.6 Å². The number of nitrogens with one attached hydrogen (secondary N) is 2. The van der Waals surface area contributed by atoms with Gasteiger partial charge in [0, 0.05) is 17.3 Å². The van der Waals surface area contributed by atoms with Gasteiger partial charge in [-0.25, -0.2) is 0 Å². The van der Waals surface area contributed by atoms with E-state index >= 15 is 0 Å². The van der Waals surface area contributed by atoms with Crippen LogP contribution in [0.4, 0.5) is 5.69 Å². The molecule has 0 aliphatic carbocycles. The molecule has 0 aromatic heterocycles. The van der Waals surface area contributed by atoms with E-state index in [9.17, 15) is 4.79 Å². The van der Waals surface area contributed by atoms with Gasteiger partial charge in [-0.2, -0.15) is 0 Å². The van der Waals surface area contributed by atoms with Gasteiger partial charge in [-0.15, -0.1) is 0 Å². The number of benzene rings is 2.